The van der Waals surface area contributed by atoms with E-state index in [4.69, 9.17) is 9.73 Å². The molecule has 11 heteroatoms. The molecule has 0 amide bonds. The Hall–Kier alpha value is -1.17. The lowest BCUT2D eigenvalue weighted by atomic mass is 9.95. The molecule has 38 heavy (non-hydrogen) atoms. The van der Waals surface area contributed by atoms with Crippen molar-refractivity contribution in [1.29, 1.82) is 0 Å². The van der Waals surface area contributed by atoms with Crippen molar-refractivity contribution < 1.29 is 23.2 Å². The molecule has 1 aromatic heterocycles. The number of carbonyl (C=O) groups excluding carboxylic acids is 1. The van der Waals surface area contributed by atoms with E-state index in [2.05, 4.69) is 46.0 Å². The van der Waals surface area contributed by atoms with Crippen molar-refractivity contribution in [2.45, 2.75) is 109 Å². The van der Waals surface area contributed by atoms with Crippen LogP contribution in [0.3, 0.4) is 0 Å². The number of carbonyl (C=O) groups is 1. The van der Waals surface area contributed by atoms with Crippen LogP contribution >= 0.6 is 15.9 Å². The number of esters is 1. The minimum Gasteiger partial charge on any atom is -0.460 e. The second kappa shape index (κ2) is 12.1. The zero-order chi connectivity index (χ0) is 29.2. The molecular formula is C27H45BrFN3O4SSi. The molecular weight excluding hydrogens is 589 g/mol. The van der Waals surface area contributed by atoms with Crippen molar-refractivity contribution in [3.8, 4) is 0 Å². The predicted octanol–water partition coefficient (Wildman–Crippen LogP) is 5.73. The molecule has 2 heterocycles. The fourth-order valence-corrected chi connectivity index (χ4v) is 12.1. The molecule has 7 nitrogen and oxygen atoms in total. The van der Waals surface area contributed by atoms with Crippen LogP contribution in [0.25, 0.3) is 0 Å². The maximum absolute atomic E-state index is 16.5. The Morgan fingerprint density at radius 3 is 2.32 bits per heavy atom. The number of aliphatic hydroxyl groups excluding tert-OH is 1. The van der Waals surface area contributed by atoms with E-state index < -0.39 is 45.5 Å². The fraction of sp³-hybridized carbons (Fsp3) is 0.741. The van der Waals surface area contributed by atoms with Crippen LogP contribution in [0, 0.1) is 5.82 Å². The number of aromatic nitrogens is 1. The van der Waals surface area contributed by atoms with E-state index in [-0.39, 0.29) is 31.0 Å². The molecule has 0 spiro atoms. The van der Waals surface area contributed by atoms with Gasteiger partial charge in [-0.05, 0) is 75.1 Å². The maximum Gasteiger partial charge on any atom is 0.312 e. The molecule has 0 bridgehead atoms. The number of aliphatic hydroxyl groups is 1. The summed E-state index contributed by atoms with van der Waals surface area (Å²) in [4.78, 5) is 22.4. The van der Waals surface area contributed by atoms with Crippen LogP contribution in [0.2, 0.25) is 18.1 Å². The van der Waals surface area contributed by atoms with Gasteiger partial charge in [-0.2, -0.15) is 0 Å². The molecule has 1 aromatic rings. The third kappa shape index (κ3) is 6.75. The summed E-state index contributed by atoms with van der Waals surface area (Å²) in [6, 6.07) is 4.46. The molecule has 0 fully saturated rings. The zero-order valence-corrected chi connectivity index (χ0v) is 27.8. The number of rotatable bonds is 10. The van der Waals surface area contributed by atoms with Gasteiger partial charge in [-0.1, -0.05) is 38.9 Å². The molecule has 0 saturated heterocycles. The van der Waals surface area contributed by atoms with Gasteiger partial charge in [-0.25, -0.2) is 17.9 Å². The molecule has 0 aromatic carbocycles. The molecule has 2 rings (SSSR count). The van der Waals surface area contributed by atoms with Crippen molar-refractivity contribution in [2.24, 2.45) is 9.36 Å². The van der Waals surface area contributed by atoms with Gasteiger partial charge in [0.05, 0.1) is 41.3 Å². The van der Waals surface area contributed by atoms with Crippen LogP contribution in [0.15, 0.2) is 20.0 Å². The number of aliphatic imine (C=N–C) groups is 1. The largest absolute Gasteiger partial charge is 0.460 e. The van der Waals surface area contributed by atoms with E-state index in [1.807, 2.05) is 0 Å². The lowest BCUT2D eigenvalue weighted by Gasteiger charge is -2.42. The van der Waals surface area contributed by atoms with Crippen LogP contribution in [0.1, 0.15) is 80.8 Å². The maximum atomic E-state index is 16.5. The van der Waals surface area contributed by atoms with Crippen molar-refractivity contribution in [2.75, 3.05) is 18.9 Å². The van der Waals surface area contributed by atoms with Crippen molar-refractivity contribution in [3.05, 3.63) is 22.2 Å². The molecule has 1 N–H and O–H groups in total. The molecule has 0 aliphatic carbocycles. The Morgan fingerprint density at radius 2 is 1.82 bits per heavy atom. The van der Waals surface area contributed by atoms with E-state index in [1.165, 1.54) is 0 Å². The first kappa shape index (κ1) is 33.0. The molecule has 0 radical (unpaired) electrons. The molecule has 1 aliphatic rings. The molecule has 2 atom stereocenters. The van der Waals surface area contributed by atoms with E-state index in [0.29, 0.717) is 21.9 Å². The average Bonchev–Trinajstić information content (AvgIpc) is 2.80. The third-order valence-electron chi connectivity index (χ3n) is 7.74. The van der Waals surface area contributed by atoms with E-state index >= 15 is 4.39 Å². The summed E-state index contributed by atoms with van der Waals surface area (Å²) in [5.41, 5.74) is -1.54. The number of pyridine rings is 1. The highest BCUT2D eigenvalue weighted by Crippen LogP contribution is 2.41. The van der Waals surface area contributed by atoms with Gasteiger partial charge in [0, 0.05) is 12.3 Å². The standard InChI is InChI=1S/C27H45BrFN3O4SSi/c1-10-38(11-2,12-3)19-16-21(28)31-24(23(19)29)27(9)18-37(35,30-14-13-15-33)26(7,8)20(32-27)17-22(34)36-25(4,5)6/h16,33H,10-15,17-18H2,1-9H3/t27-,37+/m0/s1. The lowest BCUT2D eigenvalue weighted by molar-refractivity contribution is -0.153. The van der Waals surface area contributed by atoms with Gasteiger partial charge in [0.25, 0.3) is 0 Å². The second-order valence-electron chi connectivity index (χ2n) is 11.8. The molecule has 0 saturated carbocycles. The smallest absolute Gasteiger partial charge is 0.312 e. The van der Waals surface area contributed by atoms with Gasteiger partial charge in [-0.3, -0.25) is 9.79 Å². The number of hydrogen-bond acceptors (Lipinski definition) is 7. The Labute approximate surface area is 237 Å². The van der Waals surface area contributed by atoms with Gasteiger partial charge < -0.3 is 9.84 Å². The number of ether oxygens (including phenoxy) is 1. The molecule has 0 unspecified atom stereocenters. The summed E-state index contributed by atoms with van der Waals surface area (Å²) in [5.74, 6) is -0.942. The van der Waals surface area contributed by atoms with Crippen LogP contribution in [0.5, 0.6) is 0 Å². The summed E-state index contributed by atoms with van der Waals surface area (Å²) in [6.07, 6.45) is 0.167. The van der Waals surface area contributed by atoms with Crippen LogP contribution in [-0.2, 0) is 24.8 Å². The molecule has 1 aliphatic heterocycles. The van der Waals surface area contributed by atoms with Crippen LogP contribution in [0.4, 0.5) is 4.39 Å². The van der Waals surface area contributed by atoms with Gasteiger partial charge in [0.1, 0.15) is 27.3 Å². The summed E-state index contributed by atoms with van der Waals surface area (Å²) >= 11 is 3.51. The number of hydrogen-bond donors (Lipinski definition) is 1. The third-order valence-corrected chi connectivity index (χ3v) is 17.1. The number of nitrogens with zero attached hydrogens (tertiary/aromatic N) is 3. The first-order valence-corrected chi connectivity index (χ1v) is 18.5. The molecule has 216 valence electrons. The Balaban J connectivity index is 2.85. The Kier molecular flexibility index (Phi) is 10.6. The first-order valence-electron chi connectivity index (χ1n) is 13.4. The minimum atomic E-state index is -3.06. The van der Waals surface area contributed by atoms with Crippen molar-refractivity contribution in [3.63, 3.8) is 0 Å². The van der Waals surface area contributed by atoms with Crippen molar-refractivity contribution in [1.82, 2.24) is 4.98 Å². The normalized spacial score (nSPS) is 23.6. The van der Waals surface area contributed by atoms with E-state index in [9.17, 15) is 14.1 Å². The Bertz CT molecular complexity index is 1180. The SMILES string of the molecule is CC[Si](CC)(CC)c1cc(Br)nc([C@]2(C)C[S@](=O)(=NCCCO)C(C)(C)C(CC(=O)OC(C)(C)C)=N2)c1F. The number of halogens is 2. The summed E-state index contributed by atoms with van der Waals surface area (Å²) in [7, 11) is -5.21. The van der Waals surface area contributed by atoms with E-state index in [1.54, 1.807) is 47.6 Å². The van der Waals surface area contributed by atoms with Crippen molar-refractivity contribution >= 4 is 50.6 Å². The summed E-state index contributed by atoms with van der Waals surface area (Å²) < 4.78 is 40.7. The lowest BCUT2D eigenvalue weighted by Crippen LogP contribution is -2.54. The van der Waals surface area contributed by atoms with E-state index in [0.717, 1.165) is 18.1 Å². The first-order chi connectivity index (χ1) is 17.4. The van der Waals surface area contributed by atoms with Gasteiger partial charge >= 0.3 is 5.97 Å². The quantitative estimate of drug-likeness (QED) is 0.153. The Morgan fingerprint density at radius 1 is 1.24 bits per heavy atom. The minimum absolute atomic E-state index is 0.0466. The van der Waals surface area contributed by atoms with Crippen LogP contribution in [-0.4, -0.2) is 63.3 Å². The fourth-order valence-electron chi connectivity index (χ4n) is 5.15. The summed E-state index contributed by atoms with van der Waals surface area (Å²) in [6.45, 7) is 17.0. The highest BCUT2D eigenvalue weighted by atomic mass is 79.9. The second-order valence-corrected chi connectivity index (χ2v) is 20.7. The average molecular weight is 635 g/mol. The van der Waals surface area contributed by atoms with Gasteiger partial charge in [-0.15, -0.1) is 0 Å². The topological polar surface area (TPSA) is 101 Å². The monoisotopic (exact) mass is 633 g/mol. The predicted molar refractivity (Wildman–Crippen MR) is 160 cm³/mol. The summed E-state index contributed by atoms with van der Waals surface area (Å²) in [5, 5.41) is 10.0. The van der Waals surface area contributed by atoms with Gasteiger partial charge in [0.15, 0.2) is 0 Å². The zero-order valence-electron chi connectivity index (χ0n) is 24.4. The highest BCUT2D eigenvalue weighted by Gasteiger charge is 2.50. The van der Waals surface area contributed by atoms with Gasteiger partial charge in [0.2, 0.25) is 0 Å². The highest BCUT2D eigenvalue weighted by molar-refractivity contribution is 9.10. The van der Waals surface area contributed by atoms with Crippen LogP contribution < -0.4 is 5.19 Å².